The van der Waals surface area contributed by atoms with Gasteiger partial charge in [0.05, 0.1) is 11.6 Å². The quantitative estimate of drug-likeness (QED) is 0.350. The number of amides is 1. The number of carbonyl (C=O) groups excluding carboxylic acids is 2. The first-order chi connectivity index (χ1) is 14.1. The van der Waals surface area contributed by atoms with Gasteiger partial charge in [-0.15, -0.1) is 0 Å². The van der Waals surface area contributed by atoms with E-state index in [0.29, 0.717) is 42.2 Å². The molecule has 2 aromatic rings. The average Bonchev–Trinajstić information content (AvgIpc) is 3.31. The van der Waals surface area contributed by atoms with Crippen molar-refractivity contribution in [3.8, 4) is 11.5 Å². The summed E-state index contributed by atoms with van der Waals surface area (Å²) in [5.74, 6) is -0.383. The van der Waals surface area contributed by atoms with E-state index in [-0.39, 0.29) is 18.1 Å². The Morgan fingerprint density at radius 1 is 1.14 bits per heavy atom. The van der Waals surface area contributed by atoms with E-state index in [1.807, 2.05) is 6.07 Å². The number of aliphatic hydroxyl groups excluding tert-OH is 1. The topological polar surface area (TPSA) is 85.3 Å². The molecule has 2 heterocycles. The van der Waals surface area contributed by atoms with Gasteiger partial charge in [0.1, 0.15) is 5.76 Å². The molecule has 2 aliphatic heterocycles. The van der Waals surface area contributed by atoms with Gasteiger partial charge in [-0.1, -0.05) is 36.4 Å². The van der Waals surface area contributed by atoms with E-state index in [2.05, 4.69) is 0 Å². The minimum Gasteiger partial charge on any atom is -0.507 e. The molecule has 150 valence electrons. The molecule has 1 N–H and O–H groups in total. The summed E-state index contributed by atoms with van der Waals surface area (Å²) in [7, 11) is 1.58. The van der Waals surface area contributed by atoms with Crippen LogP contribution in [0.1, 0.15) is 23.6 Å². The Kier molecular flexibility index (Phi) is 5.22. The Hall–Kier alpha value is -3.32. The second-order valence-electron chi connectivity index (χ2n) is 6.82. The first-order valence-electron chi connectivity index (χ1n) is 9.34. The van der Waals surface area contributed by atoms with Gasteiger partial charge < -0.3 is 24.2 Å². The molecule has 0 saturated carbocycles. The molecule has 1 amide bonds. The second-order valence-corrected chi connectivity index (χ2v) is 6.82. The van der Waals surface area contributed by atoms with E-state index < -0.39 is 17.7 Å². The number of hydrogen-bond acceptors (Lipinski definition) is 6. The highest BCUT2D eigenvalue weighted by atomic mass is 16.7. The van der Waals surface area contributed by atoms with Crippen molar-refractivity contribution in [3.63, 3.8) is 0 Å². The minimum atomic E-state index is -0.721. The molecule has 1 saturated heterocycles. The normalized spacial score (nSPS) is 19.8. The van der Waals surface area contributed by atoms with E-state index in [1.165, 1.54) is 4.90 Å². The van der Waals surface area contributed by atoms with Crippen LogP contribution >= 0.6 is 0 Å². The summed E-state index contributed by atoms with van der Waals surface area (Å²) in [6, 6.07) is 13.3. The highest BCUT2D eigenvalue weighted by Gasteiger charge is 2.46. The number of hydrogen-bond donors (Lipinski definition) is 1. The van der Waals surface area contributed by atoms with Crippen LogP contribution < -0.4 is 9.47 Å². The zero-order valence-corrected chi connectivity index (χ0v) is 16.0. The number of rotatable bonds is 6. The van der Waals surface area contributed by atoms with Crippen molar-refractivity contribution in [2.24, 2.45) is 0 Å². The zero-order valence-electron chi connectivity index (χ0n) is 16.0. The van der Waals surface area contributed by atoms with Gasteiger partial charge in [0, 0.05) is 25.8 Å². The van der Waals surface area contributed by atoms with Crippen LogP contribution in [-0.2, 0) is 14.3 Å². The molecule has 0 bridgehead atoms. The van der Waals surface area contributed by atoms with E-state index in [0.717, 1.165) is 0 Å². The zero-order chi connectivity index (χ0) is 20.4. The third kappa shape index (κ3) is 3.45. The summed E-state index contributed by atoms with van der Waals surface area (Å²) >= 11 is 0. The SMILES string of the molecule is COCCCN1C(=O)C(=O)C(=C(O)c2ccccc2)[C@@H]1c1ccc2c(c1)OCO2. The van der Waals surface area contributed by atoms with Crippen LogP contribution in [0.4, 0.5) is 0 Å². The molecule has 7 nitrogen and oxygen atoms in total. The number of likely N-dealkylation sites (tertiary alicyclic amines) is 1. The molecular formula is C22H21NO6. The second kappa shape index (κ2) is 7.97. The lowest BCUT2D eigenvalue weighted by Crippen LogP contribution is -2.31. The number of aliphatic hydroxyl groups is 1. The van der Waals surface area contributed by atoms with E-state index in [4.69, 9.17) is 14.2 Å². The Balaban J connectivity index is 1.81. The van der Waals surface area contributed by atoms with Crippen LogP contribution in [0, 0.1) is 0 Å². The minimum absolute atomic E-state index is 0.0671. The molecular weight excluding hydrogens is 374 g/mol. The number of carbonyl (C=O) groups is 2. The highest BCUT2D eigenvalue weighted by molar-refractivity contribution is 6.46. The summed E-state index contributed by atoms with van der Waals surface area (Å²) in [6.07, 6.45) is 0.565. The number of fused-ring (bicyclic) bond motifs is 1. The average molecular weight is 395 g/mol. The maximum atomic E-state index is 12.9. The van der Waals surface area contributed by atoms with Crippen molar-refractivity contribution in [3.05, 3.63) is 65.2 Å². The summed E-state index contributed by atoms with van der Waals surface area (Å²) < 4.78 is 15.9. The summed E-state index contributed by atoms with van der Waals surface area (Å²) in [6.45, 7) is 0.898. The standard InChI is InChI=1S/C22H21NO6/c1-27-11-5-10-23-19(15-8-9-16-17(12-15)29-13-28-16)18(21(25)22(23)26)20(24)14-6-3-2-4-7-14/h2-4,6-9,12,19,24H,5,10-11,13H2,1H3/t19-/m0/s1. The maximum Gasteiger partial charge on any atom is 0.295 e. The summed E-state index contributed by atoms with van der Waals surface area (Å²) in [4.78, 5) is 27.2. The number of methoxy groups -OCH3 is 1. The van der Waals surface area contributed by atoms with Crippen molar-refractivity contribution in [2.45, 2.75) is 12.5 Å². The summed E-state index contributed by atoms with van der Waals surface area (Å²) in [5, 5.41) is 10.9. The van der Waals surface area contributed by atoms with Crippen molar-refractivity contribution < 1.29 is 28.9 Å². The van der Waals surface area contributed by atoms with E-state index in [9.17, 15) is 14.7 Å². The monoisotopic (exact) mass is 395 g/mol. The Morgan fingerprint density at radius 2 is 1.90 bits per heavy atom. The van der Waals surface area contributed by atoms with Crippen LogP contribution in [0.25, 0.3) is 5.76 Å². The molecule has 0 spiro atoms. The molecule has 2 aromatic carbocycles. The predicted octanol–water partition coefficient (Wildman–Crippen LogP) is 2.87. The Morgan fingerprint density at radius 3 is 2.66 bits per heavy atom. The van der Waals surface area contributed by atoms with Crippen LogP contribution in [0.15, 0.2) is 54.1 Å². The number of Topliss-reactive ketones (excluding diaryl/α,β-unsaturated/α-hetero) is 1. The lowest BCUT2D eigenvalue weighted by atomic mass is 9.95. The van der Waals surface area contributed by atoms with Crippen LogP contribution in [0.5, 0.6) is 11.5 Å². The van der Waals surface area contributed by atoms with Gasteiger partial charge in [-0.05, 0) is 24.1 Å². The Labute approximate surface area is 168 Å². The lowest BCUT2D eigenvalue weighted by Gasteiger charge is -2.25. The van der Waals surface area contributed by atoms with Gasteiger partial charge in [0.25, 0.3) is 11.7 Å². The fourth-order valence-corrected chi connectivity index (χ4v) is 3.67. The van der Waals surface area contributed by atoms with Gasteiger partial charge in [-0.3, -0.25) is 9.59 Å². The van der Waals surface area contributed by atoms with Gasteiger partial charge in [-0.2, -0.15) is 0 Å². The van der Waals surface area contributed by atoms with Gasteiger partial charge in [0.15, 0.2) is 11.5 Å². The number of benzene rings is 2. The summed E-state index contributed by atoms with van der Waals surface area (Å²) in [5.41, 5.74) is 1.22. The van der Waals surface area contributed by atoms with Gasteiger partial charge >= 0.3 is 0 Å². The lowest BCUT2D eigenvalue weighted by molar-refractivity contribution is -0.140. The number of ether oxygens (including phenoxy) is 3. The molecule has 0 radical (unpaired) electrons. The van der Waals surface area contributed by atoms with E-state index >= 15 is 0 Å². The van der Waals surface area contributed by atoms with Crippen molar-refractivity contribution in [1.82, 2.24) is 4.90 Å². The fourth-order valence-electron chi connectivity index (χ4n) is 3.67. The number of ketones is 1. The molecule has 0 unspecified atom stereocenters. The maximum absolute atomic E-state index is 12.9. The molecule has 0 aliphatic carbocycles. The molecule has 4 rings (SSSR count). The van der Waals surface area contributed by atoms with Crippen LogP contribution in [0.3, 0.4) is 0 Å². The molecule has 1 atom stereocenters. The largest absolute Gasteiger partial charge is 0.507 e. The molecule has 7 heteroatoms. The Bertz CT molecular complexity index is 969. The highest BCUT2D eigenvalue weighted by Crippen LogP contribution is 2.42. The van der Waals surface area contributed by atoms with Crippen molar-refractivity contribution in [1.29, 1.82) is 0 Å². The van der Waals surface area contributed by atoms with E-state index in [1.54, 1.807) is 49.6 Å². The molecule has 2 aliphatic rings. The molecule has 0 aromatic heterocycles. The molecule has 1 fully saturated rings. The fraction of sp³-hybridized carbons (Fsp3) is 0.273. The molecule has 29 heavy (non-hydrogen) atoms. The van der Waals surface area contributed by atoms with Crippen LogP contribution in [-0.4, -0.2) is 48.8 Å². The number of nitrogens with zero attached hydrogens (tertiary/aromatic N) is 1. The third-order valence-electron chi connectivity index (χ3n) is 5.05. The first-order valence-corrected chi connectivity index (χ1v) is 9.34. The predicted molar refractivity (Wildman–Crippen MR) is 105 cm³/mol. The smallest absolute Gasteiger partial charge is 0.295 e. The first kappa shape index (κ1) is 19.0. The van der Waals surface area contributed by atoms with Crippen molar-refractivity contribution >= 4 is 17.4 Å². The van der Waals surface area contributed by atoms with Gasteiger partial charge in [-0.25, -0.2) is 0 Å². The van der Waals surface area contributed by atoms with Crippen molar-refractivity contribution in [2.75, 3.05) is 27.1 Å². The third-order valence-corrected chi connectivity index (χ3v) is 5.05. The van der Waals surface area contributed by atoms with Gasteiger partial charge in [0.2, 0.25) is 6.79 Å². The van der Waals surface area contributed by atoms with Crippen LogP contribution in [0.2, 0.25) is 0 Å².